The molecule has 1 fully saturated rings. The van der Waals surface area contributed by atoms with Crippen LogP contribution in [0.2, 0.25) is 0 Å². The van der Waals surface area contributed by atoms with Gasteiger partial charge in [-0.3, -0.25) is 14.5 Å². The van der Waals surface area contributed by atoms with Crippen molar-refractivity contribution in [1.82, 2.24) is 10.2 Å². The van der Waals surface area contributed by atoms with Crippen LogP contribution in [0.15, 0.2) is 54.6 Å². The van der Waals surface area contributed by atoms with Crippen LogP contribution in [0.3, 0.4) is 0 Å². The summed E-state index contributed by atoms with van der Waals surface area (Å²) in [7, 11) is 0. The van der Waals surface area contributed by atoms with Gasteiger partial charge in [-0.25, -0.2) is 4.79 Å². The predicted molar refractivity (Wildman–Crippen MR) is 101 cm³/mol. The normalized spacial score (nSPS) is 20.7. The summed E-state index contributed by atoms with van der Waals surface area (Å²) in [4.78, 5) is 41.2. The van der Waals surface area contributed by atoms with Gasteiger partial charge in [0.1, 0.15) is 12.1 Å². The Morgan fingerprint density at radius 2 is 1.81 bits per heavy atom. The van der Waals surface area contributed by atoms with Crippen molar-refractivity contribution >= 4 is 23.5 Å². The molecule has 4 rings (SSSR count). The Bertz CT molecular complexity index is 912. The molecular formula is C21H21N3O3. The zero-order chi connectivity index (χ0) is 19.0. The van der Waals surface area contributed by atoms with Crippen LogP contribution in [0.4, 0.5) is 10.5 Å². The molecule has 2 aromatic carbocycles. The molecule has 0 radical (unpaired) electrons. The van der Waals surface area contributed by atoms with Crippen LogP contribution in [-0.4, -0.2) is 35.8 Å². The van der Waals surface area contributed by atoms with E-state index < -0.39 is 11.6 Å². The molecule has 2 aliphatic rings. The number of benzene rings is 2. The van der Waals surface area contributed by atoms with E-state index in [1.807, 2.05) is 61.5 Å². The highest BCUT2D eigenvalue weighted by Gasteiger charge is 2.55. The van der Waals surface area contributed by atoms with E-state index in [4.69, 9.17) is 0 Å². The summed E-state index contributed by atoms with van der Waals surface area (Å²) in [6, 6.07) is 16.4. The van der Waals surface area contributed by atoms with E-state index in [-0.39, 0.29) is 18.4 Å². The number of hydrogen-bond acceptors (Lipinski definition) is 3. The summed E-state index contributed by atoms with van der Waals surface area (Å²) >= 11 is 0. The summed E-state index contributed by atoms with van der Waals surface area (Å²) in [5, 5.41) is 2.85. The van der Waals surface area contributed by atoms with Crippen LogP contribution in [0.25, 0.3) is 0 Å². The number of carbonyl (C=O) groups is 3. The lowest BCUT2D eigenvalue weighted by molar-refractivity contribution is -0.134. The van der Waals surface area contributed by atoms with E-state index in [0.29, 0.717) is 13.0 Å². The number of carbonyl (C=O) groups excluding carboxylic acids is 3. The SMILES string of the molecule is CCN(C(=O)CN1C(=O)N[C@@]2(CCc3ccccc32)C1=O)c1ccccc1. The molecule has 138 valence electrons. The summed E-state index contributed by atoms with van der Waals surface area (Å²) in [6.45, 7) is 2.06. The second-order valence-electron chi connectivity index (χ2n) is 6.86. The van der Waals surface area contributed by atoms with Gasteiger partial charge in [-0.2, -0.15) is 0 Å². The number of urea groups is 1. The van der Waals surface area contributed by atoms with Crippen molar-refractivity contribution < 1.29 is 14.4 Å². The van der Waals surface area contributed by atoms with E-state index >= 15 is 0 Å². The average molecular weight is 363 g/mol. The Kier molecular flexibility index (Phi) is 4.18. The number of nitrogens with one attached hydrogen (secondary N) is 1. The first kappa shape index (κ1) is 17.3. The van der Waals surface area contributed by atoms with Gasteiger partial charge in [0.2, 0.25) is 5.91 Å². The van der Waals surface area contributed by atoms with Gasteiger partial charge in [0.15, 0.2) is 0 Å². The van der Waals surface area contributed by atoms with Crippen molar-refractivity contribution in [2.24, 2.45) is 0 Å². The van der Waals surface area contributed by atoms with Crippen LogP contribution in [0, 0.1) is 0 Å². The van der Waals surface area contributed by atoms with E-state index in [1.54, 1.807) is 4.90 Å². The van der Waals surface area contributed by atoms with Crippen molar-refractivity contribution in [1.29, 1.82) is 0 Å². The standard InChI is InChI=1S/C21H21N3O3/c1-2-23(16-9-4-3-5-10-16)18(25)14-24-19(26)21(22-20(24)27)13-12-15-8-6-7-11-17(15)21/h3-11H,2,12-14H2,1H3,(H,22,27)/t21-/m1/s1. The third-order valence-electron chi connectivity index (χ3n) is 5.40. The first-order valence-corrected chi connectivity index (χ1v) is 9.15. The van der Waals surface area contributed by atoms with Crippen LogP contribution in [-0.2, 0) is 21.5 Å². The predicted octanol–water partition coefficient (Wildman–Crippen LogP) is 2.43. The number of rotatable bonds is 4. The molecule has 6 heteroatoms. The number of amides is 4. The summed E-state index contributed by atoms with van der Waals surface area (Å²) in [6.07, 6.45) is 1.26. The number of aryl methyl sites for hydroxylation is 1. The molecule has 1 atom stereocenters. The van der Waals surface area contributed by atoms with E-state index in [0.717, 1.165) is 28.1 Å². The Morgan fingerprint density at radius 1 is 1.11 bits per heavy atom. The first-order chi connectivity index (χ1) is 13.1. The molecule has 1 spiro atoms. The van der Waals surface area contributed by atoms with Crippen LogP contribution in [0.1, 0.15) is 24.5 Å². The zero-order valence-electron chi connectivity index (χ0n) is 15.1. The van der Waals surface area contributed by atoms with Crippen molar-refractivity contribution in [3.8, 4) is 0 Å². The lowest BCUT2D eigenvalue weighted by Gasteiger charge is -2.24. The fourth-order valence-corrected chi connectivity index (χ4v) is 4.06. The van der Waals surface area contributed by atoms with Gasteiger partial charge >= 0.3 is 6.03 Å². The molecule has 1 saturated heterocycles. The number of nitrogens with zero attached hydrogens (tertiary/aromatic N) is 2. The highest BCUT2D eigenvalue weighted by molar-refractivity contribution is 6.11. The molecule has 1 aliphatic heterocycles. The van der Waals surface area contributed by atoms with E-state index in [1.165, 1.54) is 0 Å². The first-order valence-electron chi connectivity index (χ1n) is 9.15. The maximum Gasteiger partial charge on any atom is 0.325 e. The Balaban J connectivity index is 1.58. The van der Waals surface area contributed by atoms with Gasteiger partial charge in [0.25, 0.3) is 5.91 Å². The molecule has 0 aromatic heterocycles. The van der Waals surface area contributed by atoms with Gasteiger partial charge in [-0.05, 0) is 43.0 Å². The minimum atomic E-state index is -1.03. The molecule has 0 saturated carbocycles. The van der Waals surface area contributed by atoms with Gasteiger partial charge < -0.3 is 10.2 Å². The second-order valence-corrected chi connectivity index (χ2v) is 6.86. The molecule has 1 aliphatic carbocycles. The van der Waals surface area contributed by atoms with E-state index in [2.05, 4.69) is 5.32 Å². The summed E-state index contributed by atoms with van der Waals surface area (Å²) < 4.78 is 0. The molecule has 1 N–H and O–H groups in total. The van der Waals surface area contributed by atoms with Gasteiger partial charge in [0, 0.05) is 12.2 Å². The second kappa shape index (κ2) is 6.54. The van der Waals surface area contributed by atoms with Crippen LogP contribution >= 0.6 is 0 Å². The Labute approximate surface area is 157 Å². The Hall–Kier alpha value is -3.15. The van der Waals surface area contributed by atoms with Crippen molar-refractivity contribution in [2.75, 3.05) is 18.0 Å². The highest BCUT2D eigenvalue weighted by Crippen LogP contribution is 2.41. The van der Waals surface area contributed by atoms with Gasteiger partial charge in [0.05, 0.1) is 0 Å². The molecule has 1 heterocycles. The minimum absolute atomic E-state index is 0.267. The highest BCUT2D eigenvalue weighted by atomic mass is 16.2. The molecule has 6 nitrogen and oxygen atoms in total. The topological polar surface area (TPSA) is 69.7 Å². The lowest BCUT2D eigenvalue weighted by atomic mass is 9.92. The number of likely N-dealkylation sites (N-methyl/N-ethyl adjacent to an activating group) is 1. The van der Waals surface area contributed by atoms with Gasteiger partial charge in [-0.1, -0.05) is 42.5 Å². The molecule has 27 heavy (non-hydrogen) atoms. The zero-order valence-corrected chi connectivity index (χ0v) is 15.1. The summed E-state index contributed by atoms with van der Waals surface area (Å²) in [5.41, 5.74) is 1.63. The fraction of sp³-hybridized carbons (Fsp3) is 0.286. The monoisotopic (exact) mass is 363 g/mol. The largest absolute Gasteiger partial charge is 0.325 e. The van der Waals surface area contributed by atoms with E-state index in [9.17, 15) is 14.4 Å². The Morgan fingerprint density at radius 3 is 2.56 bits per heavy atom. The smallest absolute Gasteiger partial charge is 0.319 e. The molecule has 4 amide bonds. The number of hydrogen-bond donors (Lipinski definition) is 1. The van der Waals surface area contributed by atoms with Crippen molar-refractivity contribution in [3.63, 3.8) is 0 Å². The minimum Gasteiger partial charge on any atom is -0.319 e. The van der Waals surface area contributed by atoms with Crippen LogP contribution in [0.5, 0.6) is 0 Å². The quantitative estimate of drug-likeness (QED) is 0.848. The maximum absolute atomic E-state index is 13.2. The number of para-hydroxylation sites is 1. The van der Waals surface area contributed by atoms with Crippen molar-refractivity contribution in [2.45, 2.75) is 25.3 Å². The number of imide groups is 1. The molecule has 2 aromatic rings. The van der Waals surface area contributed by atoms with Gasteiger partial charge in [-0.15, -0.1) is 0 Å². The fourth-order valence-electron chi connectivity index (χ4n) is 4.06. The van der Waals surface area contributed by atoms with Crippen molar-refractivity contribution in [3.05, 3.63) is 65.7 Å². The lowest BCUT2D eigenvalue weighted by Crippen LogP contribution is -2.45. The van der Waals surface area contributed by atoms with Crippen LogP contribution < -0.4 is 10.2 Å². The number of fused-ring (bicyclic) bond motifs is 2. The third kappa shape index (κ3) is 2.68. The molecule has 0 bridgehead atoms. The maximum atomic E-state index is 13.2. The molecular weight excluding hydrogens is 342 g/mol. The molecule has 0 unspecified atom stereocenters. The third-order valence-corrected chi connectivity index (χ3v) is 5.40. The number of anilines is 1. The average Bonchev–Trinajstić information content (AvgIpc) is 3.17. The summed E-state index contributed by atoms with van der Waals surface area (Å²) in [5.74, 6) is -0.620.